The lowest BCUT2D eigenvalue weighted by Crippen LogP contribution is -2.05. The van der Waals surface area contributed by atoms with Crippen molar-refractivity contribution in [2.75, 3.05) is 14.2 Å². The quantitative estimate of drug-likeness (QED) is 0.0803. The van der Waals surface area contributed by atoms with E-state index in [1.807, 2.05) is 48.9 Å². The minimum atomic E-state index is 0.223. The van der Waals surface area contributed by atoms with Gasteiger partial charge in [-0.25, -0.2) is 4.98 Å². The number of unbranched alkanes of at least 4 members (excludes halogenated alkanes) is 9. The van der Waals surface area contributed by atoms with Gasteiger partial charge < -0.3 is 14.0 Å². The van der Waals surface area contributed by atoms with Crippen molar-refractivity contribution in [3.63, 3.8) is 0 Å². The summed E-state index contributed by atoms with van der Waals surface area (Å²) < 4.78 is 13.4. The highest BCUT2D eigenvalue weighted by Gasteiger charge is 2.20. The van der Waals surface area contributed by atoms with Crippen molar-refractivity contribution in [3.05, 3.63) is 103 Å². The van der Waals surface area contributed by atoms with E-state index in [2.05, 4.69) is 58.9 Å². The number of ether oxygens (including phenoxy) is 2. The third-order valence-electron chi connectivity index (χ3n) is 8.26. The summed E-state index contributed by atoms with van der Waals surface area (Å²) in [5.74, 6) is 2.04. The van der Waals surface area contributed by atoms with Crippen LogP contribution in [0.4, 0.5) is 0 Å². The van der Waals surface area contributed by atoms with Gasteiger partial charge in [-0.2, -0.15) is 0 Å². The van der Waals surface area contributed by atoms with Gasteiger partial charge in [-0.15, -0.1) is 0 Å². The van der Waals surface area contributed by atoms with E-state index in [-0.39, 0.29) is 5.92 Å². The van der Waals surface area contributed by atoms with Crippen LogP contribution in [0.25, 0.3) is 11.3 Å². The van der Waals surface area contributed by atoms with E-state index in [4.69, 9.17) is 17.3 Å². The Kier molecular flexibility index (Phi) is 16.9. The molecule has 0 aliphatic heterocycles. The second-order valence-corrected chi connectivity index (χ2v) is 11.5. The zero-order valence-electron chi connectivity index (χ0n) is 27.4. The van der Waals surface area contributed by atoms with E-state index in [1.54, 1.807) is 14.2 Å². The average molecular weight is 593 g/mol. The molecule has 1 heterocycles. The fourth-order valence-electron chi connectivity index (χ4n) is 5.83. The fraction of sp³-hybridized carbons (Fsp3) is 0.462. The summed E-state index contributed by atoms with van der Waals surface area (Å²) in [5, 5.41) is 0. The van der Waals surface area contributed by atoms with Crippen molar-refractivity contribution < 1.29 is 9.47 Å². The smallest absolute Gasteiger partial charge is 0.122 e. The minimum absolute atomic E-state index is 0.223. The van der Waals surface area contributed by atoms with Gasteiger partial charge in [0.05, 0.1) is 40.3 Å². The number of para-hydroxylation sites is 2. The normalized spacial score (nSPS) is 10.8. The van der Waals surface area contributed by atoms with Crippen molar-refractivity contribution in [2.45, 2.75) is 103 Å². The number of hydrogen-bond donors (Lipinski definition) is 0. The molecule has 5 heteroatoms. The number of aromatic nitrogens is 2. The molecule has 4 nitrogen and oxygen atoms in total. The highest BCUT2D eigenvalue weighted by Crippen LogP contribution is 2.39. The summed E-state index contributed by atoms with van der Waals surface area (Å²) >= 11 is 0. The zero-order valence-corrected chi connectivity index (χ0v) is 27.4. The van der Waals surface area contributed by atoms with E-state index in [0.29, 0.717) is 6.32 Å². The molecule has 4 aromatic rings. The second-order valence-electron chi connectivity index (χ2n) is 11.5. The number of rotatable bonds is 19. The molecule has 0 N–H and O–H groups in total. The largest absolute Gasteiger partial charge is 0.496 e. The number of benzene rings is 3. The maximum absolute atomic E-state index is 5.71. The Morgan fingerprint density at radius 1 is 0.659 bits per heavy atom. The first kappa shape index (κ1) is 35.0. The highest BCUT2D eigenvalue weighted by atomic mass is 16.5. The summed E-state index contributed by atoms with van der Waals surface area (Å²) in [7, 11) is 9.13. The van der Waals surface area contributed by atoms with Crippen LogP contribution in [0, 0.1) is 0 Å². The summed E-state index contributed by atoms with van der Waals surface area (Å²) in [6.45, 7) is 3.37. The number of nitrogens with zero attached hydrogens (tertiary/aromatic N) is 2. The second kappa shape index (κ2) is 21.3. The standard InChI is InChI=1S/C21H32N2.C18H21BO2/c1-2-3-4-5-6-7-8-9-10-14-17-23-19-22-18-21(23)20-15-12-11-13-16-20;1-20-17-11-5-3-8-15(17)14(10-7-13-19)16-9-4-6-12-18(16)21-2/h11-13,15-16,18-19H,2-10,14,17H2,1H3;3-6,8-9,11-12,14H,7,10,13H2,1-2H3. The average Bonchev–Trinajstić information content (AvgIpc) is 3.55. The molecule has 0 amide bonds. The third-order valence-corrected chi connectivity index (χ3v) is 8.26. The molecule has 44 heavy (non-hydrogen) atoms. The van der Waals surface area contributed by atoms with Crippen molar-refractivity contribution in [2.24, 2.45) is 0 Å². The van der Waals surface area contributed by atoms with Gasteiger partial charge in [0.15, 0.2) is 0 Å². The number of methoxy groups -OCH3 is 2. The fourth-order valence-corrected chi connectivity index (χ4v) is 5.83. The molecule has 1 aromatic heterocycles. The van der Waals surface area contributed by atoms with Crippen LogP contribution in [0.15, 0.2) is 91.4 Å². The Labute approximate surface area is 268 Å². The molecule has 3 aromatic carbocycles. The van der Waals surface area contributed by atoms with Crippen molar-refractivity contribution in [3.8, 4) is 22.8 Å². The van der Waals surface area contributed by atoms with Gasteiger partial charge in [0, 0.05) is 23.6 Å². The monoisotopic (exact) mass is 592 g/mol. The van der Waals surface area contributed by atoms with Crippen molar-refractivity contribution in [1.82, 2.24) is 9.55 Å². The summed E-state index contributed by atoms with van der Waals surface area (Å²) in [6, 6.07) is 26.9. The van der Waals surface area contributed by atoms with E-state index in [9.17, 15) is 0 Å². The Hall–Kier alpha value is -3.47. The molecule has 0 bridgehead atoms. The van der Waals surface area contributed by atoms with Gasteiger partial charge in [0.1, 0.15) is 11.5 Å². The lowest BCUT2D eigenvalue weighted by Gasteiger charge is -2.22. The molecule has 0 atom stereocenters. The van der Waals surface area contributed by atoms with E-state index in [0.717, 1.165) is 30.9 Å². The predicted molar refractivity (Wildman–Crippen MR) is 187 cm³/mol. The molecular weight excluding hydrogens is 539 g/mol. The highest BCUT2D eigenvalue weighted by molar-refractivity contribution is 6.08. The molecule has 0 spiro atoms. The first-order valence-corrected chi connectivity index (χ1v) is 16.7. The van der Waals surface area contributed by atoms with Gasteiger partial charge in [-0.1, -0.05) is 144 Å². The first-order valence-electron chi connectivity index (χ1n) is 16.7. The van der Waals surface area contributed by atoms with Crippen molar-refractivity contribution >= 4 is 7.85 Å². The molecule has 234 valence electrons. The summed E-state index contributed by atoms with van der Waals surface area (Å²) in [6.07, 6.45) is 20.4. The van der Waals surface area contributed by atoms with Gasteiger partial charge >= 0.3 is 0 Å². The molecule has 4 rings (SSSR count). The van der Waals surface area contributed by atoms with Gasteiger partial charge in [-0.05, 0) is 30.5 Å². The van der Waals surface area contributed by atoms with Crippen molar-refractivity contribution in [1.29, 1.82) is 0 Å². The lowest BCUT2D eigenvalue weighted by molar-refractivity contribution is 0.397. The SMILES string of the molecule is CCCCCCCCCCCCn1cncc1-c1ccccc1.[B]CCCC(c1ccccc1OC)c1ccccc1OC. The molecule has 0 aliphatic carbocycles. The van der Waals surface area contributed by atoms with Crippen LogP contribution in [-0.2, 0) is 6.54 Å². The Morgan fingerprint density at radius 2 is 1.18 bits per heavy atom. The van der Waals surface area contributed by atoms with Crippen LogP contribution in [0.5, 0.6) is 11.5 Å². The Morgan fingerprint density at radius 3 is 1.73 bits per heavy atom. The minimum Gasteiger partial charge on any atom is -0.496 e. The van der Waals surface area contributed by atoms with Crippen LogP contribution >= 0.6 is 0 Å². The summed E-state index contributed by atoms with van der Waals surface area (Å²) in [5.41, 5.74) is 4.86. The molecule has 0 saturated carbocycles. The van der Waals surface area contributed by atoms with Crippen LogP contribution in [0.2, 0.25) is 6.32 Å². The molecule has 2 radical (unpaired) electrons. The topological polar surface area (TPSA) is 36.3 Å². The molecular formula is C39H53BN2O2. The molecule has 0 aliphatic rings. The van der Waals surface area contributed by atoms with E-state index in [1.165, 1.54) is 86.6 Å². The van der Waals surface area contributed by atoms with Crippen LogP contribution in [-0.4, -0.2) is 31.6 Å². The van der Waals surface area contributed by atoms with Crippen LogP contribution in [0.3, 0.4) is 0 Å². The van der Waals surface area contributed by atoms with Gasteiger partial charge in [0.25, 0.3) is 0 Å². The lowest BCUT2D eigenvalue weighted by atomic mass is 9.84. The molecule has 0 unspecified atom stereocenters. The first-order chi connectivity index (χ1) is 21.7. The van der Waals surface area contributed by atoms with E-state index < -0.39 is 0 Å². The van der Waals surface area contributed by atoms with E-state index >= 15 is 0 Å². The van der Waals surface area contributed by atoms with Crippen LogP contribution < -0.4 is 9.47 Å². The van der Waals surface area contributed by atoms with Gasteiger partial charge in [-0.3, -0.25) is 0 Å². The number of aryl methyl sites for hydroxylation is 1. The number of imidazole rings is 1. The maximum Gasteiger partial charge on any atom is 0.122 e. The Balaban J connectivity index is 0.000000241. The zero-order chi connectivity index (χ0) is 31.2. The maximum atomic E-state index is 5.71. The Bertz CT molecular complexity index is 1240. The van der Waals surface area contributed by atoms with Crippen LogP contribution in [0.1, 0.15) is 101 Å². The number of hydrogen-bond acceptors (Lipinski definition) is 3. The molecule has 0 saturated heterocycles. The van der Waals surface area contributed by atoms with Gasteiger partial charge in [0.2, 0.25) is 0 Å². The molecule has 0 fully saturated rings. The predicted octanol–water partition coefficient (Wildman–Crippen LogP) is 10.7. The third kappa shape index (κ3) is 11.6. The summed E-state index contributed by atoms with van der Waals surface area (Å²) in [4.78, 5) is 4.33.